The number of amides is 1. The highest BCUT2D eigenvalue weighted by molar-refractivity contribution is 5.77. The average molecular weight is 258 g/mol. The fourth-order valence-electron chi connectivity index (χ4n) is 2.38. The number of ether oxygens (including phenoxy) is 1. The van der Waals surface area contributed by atoms with Crippen molar-refractivity contribution in [1.29, 1.82) is 0 Å². The van der Waals surface area contributed by atoms with Crippen molar-refractivity contribution in [2.75, 3.05) is 26.4 Å². The van der Waals surface area contributed by atoms with E-state index in [4.69, 9.17) is 15.6 Å². The van der Waals surface area contributed by atoms with Gasteiger partial charge < -0.3 is 20.9 Å². The van der Waals surface area contributed by atoms with Gasteiger partial charge in [-0.15, -0.1) is 0 Å². The van der Waals surface area contributed by atoms with Gasteiger partial charge in [0.25, 0.3) is 0 Å². The van der Waals surface area contributed by atoms with Crippen LogP contribution in [0.3, 0.4) is 0 Å². The first kappa shape index (κ1) is 15.4. The van der Waals surface area contributed by atoms with Gasteiger partial charge in [-0.1, -0.05) is 19.3 Å². The SMILES string of the molecule is NC1(CC(=O)NCCCOCCO)CCCCC1. The zero-order chi connectivity index (χ0) is 13.3. The monoisotopic (exact) mass is 258 g/mol. The van der Waals surface area contributed by atoms with Gasteiger partial charge in [0.1, 0.15) is 0 Å². The number of hydrogen-bond donors (Lipinski definition) is 3. The van der Waals surface area contributed by atoms with Gasteiger partial charge in [0.15, 0.2) is 0 Å². The lowest BCUT2D eigenvalue weighted by molar-refractivity contribution is -0.122. The van der Waals surface area contributed by atoms with Crippen molar-refractivity contribution < 1.29 is 14.6 Å². The summed E-state index contributed by atoms with van der Waals surface area (Å²) in [4.78, 5) is 11.7. The fourth-order valence-corrected chi connectivity index (χ4v) is 2.38. The molecule has 0 aromatic heterocycles. The molecule has 106 valence electrons. The van der Waals surface area contributed by atoms with Crippen molar-refractivity contribution >= 4 is 5.91 Å². The molecule has 5 nitrogen and oxygen atoms in total. The van der Waals surface area contributed by atoms with E-state index < -0.39 is 0 Å². The van der Waals surface area contributed by atoms with E-state index in [1.54, 1.807) is 0 Å². The van der Waals surface area contributed by atoms with Crippen molar-refractivity contribution in [1.82, 2.24) is 5.32 Å². The molecular weight excluding hydrogens is 232 g/mol. The Kier molecular flexibility index (Phi) is 7.23. The number of hydrogen-bond acceptors (Lipinski definition) is 4. The molecule has 1 fully saturated rings. The van der Waals surface area contributed by atoms with Gasteiger partial charge in [-0.25, -0.2) is 0 Å². The molecule has 5 heteroatoms. The maximum absolute atomic E-state index is 11.7. The predicted molar refractivity (Wildman–Crippen MR) is 70.2 cm³/mol. The number of aliphatic hydroxyl groups is 1. The number of rotatable bonds is 8. The second kappa shape index (κ2) is 8.45. The van der Waals surface area contributed by atoms with E-state index in [9.17, 15) is 4.79 Å². The molecule has 4 N–H and O–H groups in total. The molecule has 0 spiro atoms. The van der Waals surface area contributed by atoms with Gasteiger partial charge in [0.05, 0.1) is 13.2 Å². The minimum atomic E-state index is -0.282. The third-order valence-corrected chi connectivity index (χ3v) is 3.39. The Labute approximate surface area is 109 Å². The second-order valence-corrected chi connectivity index (χ2v) is 5.14. The predicted octanol–water partition coefficient (Wildman–Crippen LogP) is 0.553. The highest BCUT2D eigenvalue weighted by Crippen LogP contribution is 2.28. The third-order valence-electron chi connectivity index (χ3n) is 3.39. The second-order valence-electron chi connectivity index (χ2n) is 5.14. The lowest BCUT2D eigenvalue weighted by Gasteiger charge is -2.32. The minimum Gasteiger partial charge on any atom is -0.394 e. The number of carbonyl (C=O) groups is 1. The van der Waals surface area contributed by atoms with Crippen LogP contribution in [0.4, 0.5) is 0 Å². The average Bonchev–Trinajstić information content (AvgIpc) is 2.34. The quantitative estimate of drug-likeness (QED) is 0.555. The topological polar surface area (TPSA) is 84.6 Å². The van der Waals surface area contributed by atoms with E-state index in [0.717, 1.165) is 32.1 Å². The molecule has 0 saturated heterocycles. The summed E-state index contributed by atoms with van der Waals surface area (Å²) in [6.07, 6.45) is 6.63. The molecule has 1 saturated carbocycles. The molecule has 0 heterocycles. The lowest BCUT2D eigenvalue weighted by Crippen LogP contribution is -2.46. The molecule has 0 aliphatic heterocycles. The van der Waals surface area contributed by atoms with Gasteiger partial charge in [-0.2, -0.15) is 0 Å². The van der Waals surface area contributed by atoms with E-state index in [1.807, 2.05) is 0 Å². The summed E-state index contributed by atoms with van der Waals surface area (Å²) in [6.45, 7) is 1.58. The number of carbonyl (C=O) groups excluding carboxylic acids is 1. The van der Waals surface area contributed by atoms with Crippen LogP contribution in [0.25, 0.3) is 0 Å². The molecule has 0 aromatic rings. The van der Waals surface area contributed by atoms with Crippen LogP contribution in [-0.4, -0.2) is 42.9 Å². The Hall–Kier alpha value is -0.650. The van der Waals surface area contributed by atoms with Gasteiger partial charge in [-0.3, -0.25) is 4.79 Å². The molecule has 1 amide bonds. The summed E-state index contributed by atoms with van der Waals surface area (Å²) in [5.41, 5.74) is 5.93. The van der Waals surface area contributed by atoms with Crippen LogP contribution in [0, 0.1) is 0 Å². The number of nitrogens with one attached hydrogen (secondary N) is 1. The van der Waals surface area contributed by atoms with E-state index >= 15 is 0 Å². The molecule has 0 radical (unpaired) electrons. The van der Waals surface area contributed by atoms with Crippen LogP contribution in [0.5, 0.6) is 0 Å². The van der Waals surface area contributed by atoms with E-state index in [1.165, 1.54) is 6.42 Å². The van der Waals surface area contributed by atoms with Crippen LogP contribution in [-0.2, 0) is 9.53 Å². The van der Waals surface area contributed by atoms with Crippen molar-refractivity contribution in [3.63, 3.8) is 0 Å². The minimum absolute atomic E-state index is 0.0431. The maximum Gasteiger partial charge on any atom is 0.221 e. The molecule has 0 bridgehead atoms. The Morgan fingerprint density at radius 2 is 2.00 bits per heavy atom. The number of nitrogens with two attached hydrogens (primary N) is 1. The lowest BCUT2D eigenvalue weighted by atomic mass is 9.80. The molecule has 18 heavy (non-hydrogen) atoms. The van der Waals surface area contributed by atoms with E-state index in [-0.39, 0.29) is 18.1 Å². The largest absolute Gasteiger partial charge is 0.394 e. The van der Waals surface area contributed by atoms with Crippen molar-refractivity contribution in [2.45, 2.75) is 50.5 Å². The highest BCUT2D eigenvalue weighted by Gasteiger charge is 2.29. The van der Waals surface area contributed by atoms with Gasteiger partial charge in [0.2, 0.25) is 5.91 Å². The highest BCUT2D eigenvalue weighted by atomic mass is 16.5. The van der Waals surface area contributed by atoms with Crippen LogP contribution in [0.1, 0.15) is 44.9 Å². The van der Waals surface area contributed by atoms with Crippen molar-refractivity contribution in [2.24, 2.45) is 5.73 Å². The smallest absolute Gasteiger partial charge is 0.221 e. The zero-order valence-corrected chi connectivity index (χ0v) is 11.1. The standard InChI is InChI=1S/C13H26N2O3/c14-13(5-2-1-3-6-13)11-12(17)15-7-4-9-18-10-8-16/h16H,1-11,14H2,(H,15,17). The zero-order valence-electron chi connectivity index (χ0n) is 11.1. The fraction of sp³-hybridized carbons (Fsp3) is 0.923. The molecule has 1 aliphatic carbocycles. The van der Waals surface area contributed by atoms with Gasteiger partial charge in [-0.05, 0) is 19.3 Å². The molecule has 1 aliphatic rings. The van der Waals surface area contributed by atoms with Crippen molar-refractivity contribution in [3.8, 4) is 0 Å². The molecular formula is C13H26N2O3. The summed E-state index contributed by atoms with van der Waals surface area (Å²) < 4.78 is 5.11. The van der Waals surface area contributed by atoms with Gasteiger partial charge >= 0.3 is 0 Å². The van der Waals surface area contributed by atoms with Crippen LogP contribution in [0.2, 0.25) is 0 Å². The molecule has 0 aromatic carbocycles. The Morgan fingerprint density at radius 1 is 1.28 bits per heavy atom. The van der Waals surface area contributed by atoms with Gasteiger partial charge in [0, 0.05) is 25.1 Å². The Balaban J connectivity index is 2.06. The summed E-state index contributed by atoms with van der Waals surface area (Å²) in [5, 5.41) is 11.4. The summed E-state index contributed by atoms with van der Waals surface area (Å²) in [5.74, 6) is 0.0431. The van der Waals surface area contributed by atoms with Crippen LogP contribution < -0.4 is 11.1 Å². The summed E-state index contributed by atoms with van der Waals surface area (Å²) in [7, 11) is 0. The Bertz CT molecular complexity index is 240. The van der Waals surface area contributed by atoms with E-state index in [2.05, 4.69) is 5.32 Å². The van der Waals surface area contributed by atoms with Crippen LogP contribution >= 0.6 is 0 Å². The Morgan fingerprint density at radius 3 is 2.67 bits per heavy atom. The summed E-state index contributed by atoms with van der Waals surface area (Å²) in [6, 6.07) is 0. The first-order chi connectivity index (χ1) is 8.66. The third kappa shape index (κ3) is 6.33. The van der Waals surface area contributed by atoms with Crippen LogP contribution in [0.15, 0.2) is 0 Å². The van der Waals surface area contributed by atoms with E-state index in [0.29, 0.717) is 26.2 Å². The molecule has 0 atom stereocenters. The first-order valence-corrected chi connectivity index (χ1v) is 6.90. The molecule has 0 unspecified atom stereocenters. The van der Waals surface area contributed by atoms with Crippen molar-refractivity contribution in [3.05, 3.63) is 0 Å². The normalized spacial score (nSPS) is 18.6. The maximum atomic E-state index is 11.7. The number of aliphatic hydroxyl groups excluding tert-OH is 1. The first-order valence-electron chi connectivity index (χ1n) is 6.90. The summed E-state index contributed by atoms with van der Waals surface area (Å²) >= 11 is 0. The molecule has 1 rings (SSSR count).